The number of carbonyl (C=O) groups excluding carboxylic acids is 1. The van der Waals surface area contributed by atoms with Crippen LogP contribution in [-0.2, 0) is 6.61 Å². The standard InChI is InChI=1S/C10H8O6/c11-3-5-1-7(9(13)14)6(4-12)2-8(5)10(15)16/h1-3,12H,4H2,(H,13,14)(H,15,16). The lowest BCUT2D eigenvalue weighted by Gasteiger charge is -2.06. The molecule has 3 N–H and O–H groups in total. The molecular formula is C10H8O6. The molecule has 1 aromatic rings. The van der Waals surface area contributed by atoms with Gasteiger partial charge in [0.05, 0.1) is 17.7 Å². The minimum Gasteiger partial charge on any atom is -0.478 e. The Morgan fingerprint density at radius 3 is 2.06 bits per heavy atom. The number of aliphatic hydroxyl groups excluding tert-OH is 1. The van der Waals surface area contributed by atoms with Crippen molar-refractivity contribution in [1.29, 1.82) is 0 Å². The first-order chi connectivity index (χ1) is 7.51. The number of hydrogen-bond acceptors (Lipinski definition) is 4. The van der Waals surface area contributed by atoms with Crippen molar-refractivity contribution in [1.82, 2.24) is 0 Å². The largest absolute Gasteiger partial charge is 0.478 e. The van der Waals surface area contributed by atoms with Gasteiger partial charge in [-0.05, 0) is 17.7 Å². The van der Waals surface area contributed by atoms with Crippen LogP contribution in [0.2, 0.25) is 0 Å². The van der Waals surface area contributed by atoms with Crippen molar-refractivity contribution < 1.29 is 29.7 Å². The average Bonchev–Trinajstić information content (AvgIpc) is 2.26. The van der Waals surface area contributed by atoms with Crippen molar-refractivity contribution in [2.45, 2.75) is 6.61 Å². The number of hydrogen-bond donors (Lipinski definition) is 3. The predicted molar refractivity (Wildman–Crippen MR) is 51.7 cm³/mol. The Labute approximate surface area is 89.8 Å². The Morgan fingerprint density at radius 2 is 1.69 bits per heavy atom. The first-order valence-electron chi connectivity index (χ1n) is 4.20. The summed E-state index contributed by atoms with van der Waals surface area (Å²) >= 11 is 0. The molecule has 6 heteroatoms. The highest BCUT2D eigenvalue weighted by Crippen LogP contribution is 2.16. The molecule has 1 aromatic carbocycles. The van der Waals surface area contributed by atoms with E-state index in [9.17, 15) is 14.4 Å². The summed E-state index contributed by atoms with van der Waals surface area (Å²) in [6, 6.07) is 1.92. The van der Waals surface area contributed by atoms with Crippen LogP contribution in [0.15, 0.2) is 12.1 Å². The third kappa shape index (κ3) is 2.06. The van der Waals surface area contributed by atoms with Crippen molar-refractivity contribution >= 4 is 18.2 Å². The number of carbonyl (C=O) groups is 3. The monoisotopic (exact) mass is 224 g/mol. The van der Waals surface area contributed by atoms with Crippen LogP contribution in [0, 0.1) is 0 Å². The molecule has 0 amide bonds. The van der Waals surface area contributed by atoms with Crippen LogP contribution in [0.3, 0.4) is 0 Å². The van der Waals surface area contributed by atoms with Gasteiger partial charge >= 0.3 is 11.9 Å². The van der Waals surface area contributed by atoms with E-state index in [1.165, 1.54) is 0 Å². The zero-order chi connectivity index (χ0) is 12.3. The Hall–Kier alpha value is -2.21. The van der Waals surface area contributed by atoms with Gasteiger partial charge in [0.1, 0.15) is 0 Å². The second-order valence-corrected chi connectivity index (χ2v) is 2.98. The summed E-state index contributed by atoms with van der Waals surface area (Å²) in [7, 11) is 0. The first-order valence-corrected chi connectivity index (χ1v) is 4.20. The predicted octanol–water partition coefficient (Wildman–Crippen LogP) is 0.388. The second-order valence-electron chi connectivity index (χ2n) is 2.98. The van der Waals surface area contributed by atoms with E-state index >= 15 is 0 Å². The molecule has 84 valence electrons. The molecule has 0 aliphatic carbocycles. The van der Waals surface area contributed by atoms with Gasteiger partial charge in [-0.15, -0.1) is 0 Å². The van der Waals surface area contributed by atoms with Crippen molar-refractivity contribution in [3.05, 3.63) is 34.4 Å². The molecule has 0 aliphatic heterocycles. The van der Waals surface area contributed by atoms with E-state index < -0.39 is 18.5 Å². The Bertz CT molecular complexity index is 463. The van der Waals surface area contributed by atoms with Gasteiger partial charge < -0.3 is 15.3 Å². The quantitative estimate of drug-likeness (QED) is 0.637. The molecule has 16 heavy (non-hydrogen) atoms. The van der Waals surface area contributed by atoms with Crippen molar-refractivity contribution in [2.24, 2.45) is 0 Å². The van der Waals surface area contributed by atoms with Crippen LogP contribution in [0.4, 0.5) is 0 Å². The maximum absolute atomic E-state index is 10.8. The van der Waals surface area contributed by atoms with Crippen molar-refractivity contribution in [3.8, 4) is 0 Å². The Morgan fingerprint density at radius 1 is 1.12 bits per heavy atom. The Kier molecular flexibility index (Phi) is 3.37. The number of carboxylic acid groups (broad SMARTS) is 2. The van der Waals surface area contributed by atoms with E-state index in [4.69, 9.17) is 15.3 Å². The van der Waals surface area contributed by atoms with E-state index in [1.54, 1.807) is 0 Å². The lowest BCUT2D eigenvalue weighted by molar-refractivity contribution is 0.0677. The zero-order valence-corrected chi connectivity index (χ0v) is 8.01. The van der Waals surface area contributed by atoms with Crippen LogP contribution in [0.5, 0.6) is 0 Å². The molecular weight excluding hydrogens is 216 g/mol. The third-order valence-corrected chi connectivity index (χ3v) is 2.03. The van der Waals surface area contributed by atoms with Gasteiger partial charge in [0.2, 0.25) is 0 Å². The van der Waals surface area contributed by atoms with Crippen LogP contribution in [0.25, 0.3) is 0 Å². The highest BCUT2D eigenvalue weighted by molar-refractivity contribution is 6.00. The normalized spacial score (nSPS) is 9.81. The minimum atomic E-state index is -1.35. The van der Waals surface area contributed by atoms with E-state index in [0.29, 0.717) is 0 Å². The summed E-state index contributed by atoms with van der Waals surface area (Å²) in [6.45, 7) is -0.610. The number of carboxylic acids is 2. The Balaban J connectivity index is 3.52. The number of aliphatic hydroxyl groups is 1. The molecule has 0 aromatic heterocycles. The maximum Gasteiger partial charge on any atom is 0.336 e. The third-order valence-electron chi connectivity index (χ3n) is 2.03. The lowest BCUT2D eigenvalue weighted by Crippen LogP contribution is -2.09. The SMILES string of the molecule is O=Cc1cc(C(=O)O)c(CO)cc1C(=O)O. The van der Waals surface area contributed by atoms with Crippen LogP contribution < -0.4 is 0 Å². The molecule has 0 aliphatic rings. The summed E-state index contributed by atoms with van der Waals surface area (Å²) in [4.78, 5) is 32.1. The second kappa shape index (κ2) is 4.54. The first kappa shape index (κ1) is 11.9. The van der Waals surface area contributed by atoms with E-state index in [0.717, 1.165) is 12.1 Å². The number of aromatic carboxylic acids is 2. The molecule has 0 radical (unpaired) electrons. The molecule has 0 saturated carbocycles. The smallest absolute Gasteiger partial charge is 0.336 e. The maximum atomic E-state index is 10.8. The summed E-state index contributed by atoms with van der Waals surface area (Å²) in [5.74, 6) is -2.68. The van der Waals surface area contributed by atoms with E-state index in [2.05, 4.69) is 0 Å². The zero-order valence-electron chi connectivity index (χ0n) is 8.01. The van der Waals surface area contributed by atoms with Gasteiger partial charge in [-0.2, -0.15) is 0 Å². The van der Waals surface area contributed by atoms with Crippen molar-refractivity contribution in [3.63, 3.8) is 0 Å². The number of rotatable bonds is 4. The van der Waals surface area contributed by atoms with Gasteiger partial charge in [-0.25, -0.2) is 9.59 Å². The average molecular weight is 224 g/mol. The summed E-state index contributed by atoms with van der Waals surface area (Å²) in [5.41, 5.74) is -0.892. The molecule has 0 heterocycles. The molecule has 0 atom stereocenters. The number of aldehydes is 1. The molecule has 0 saturated heterocycles. The summed E-state index contributed by atoms with van der Waals surface area (Å²) in [6.07, 6.45) is 0.261. The molecule has 0 unspecified atom stereocenters. The van der Waals surface area contributed by atoms with Gasteiger partial charge in [0.15, 0.2) is 6.29 Å². The van der Waals surface area contributed by atoms with Crippen LogP contribution >= 0.6 is 0 Å². The van der Waals surface area contributed by atoms with Crippen LogP contribution in [0.1, 0.15) is 36.6 Å². The molecule has 0 spiro atoms. The van der Waals surface area contributed by atoms with Crippen molar-refractivity contribution in [2.75, 3.05) is 0 Å². The fourth-order valence-corrected chi connectivity index (χ4v) is 1.27. The molecule has 0 bridgehead atoms. The molecule has 6 nitrogen and oxygen atoms in total. The molecule has 0 fully saturated rings. The number of benzene rings is 1. The molecule has 1 rings (SSSR count). The highest BCUT2D eigenvalue weighted by atomic mass is 16.4. The van der Waals surface area contributed by atoms with Gasteiger partial charge in [-0.3, -0.25) is 4.79 Å². The minimum absolute atomic E-state index is 0.0458. The highest BCUT2D eigenvalue weighted by Gasteiger charge is 2.17. The van der Waals surface area contributed by atoms with Gasteiger partial charge in [0, 0.05) is 5.56 Å². The van der Waals surface area contributed by atoms with E-state index in [-0.39, 0.29) is 28.5 Å². The summed E-state index contributed by atoms with van der Waals surface area (Å²) < 4.78 is 0. The van der Waals surface area contributed by atoms with Gasteiger partial charge in [0.25, 0.3) is 0 Å². The topological polar surface area (TPSA) is 112 Å². The fraction of sp³-hybridized carbons (Fsp3) is 0.100. The van der Waals surface area contributed by atoms with E-state index in [1.807, 2.05) is 0 Å². The fourth-order valence-electron chi connectivity index (χ4n) is 1.27. The van der Waals surface area contributed by atoms with Crippen LogP contribution in [-0.4, -0.2) is 33.5 Å². The van der Waals surface area contributed by atoms with Gasteiger partial charge in [-0.1, -0.05) is 0 Å². The summed E-state index contributed by atoms with van der Waals surface area (Å²) in [5, 5.41) is 26.4. The lowest BCUT2D eigenvalue weighted by atomic mass is 9.99.